The van der Waals surface area contributed by atoms with E-state index < -0.39 is 0 Å². The van der Waals surface area contributed by atoms with Gasteiger partial charge in [0.1, 0.15) is 0 Å². The van der Waals surface area contributed by atoms with E-state index in [-0.39, 0.29) is 0 Å². The van der Waals surface area contributed by atoms with Crippen LogP contribution in [0.25, 0.3) is 0 Å². The van der Waals surface area contributed by atoms with E-state index in [4.69, 9.17) is 5.11 Å². The topological polar surface area (TPSA) is 32.3 Å². The highest BCUT2D eigenvalue weighted by molar-refractivity contribution is 9.10. The van der Waals surface area contributed by atoms with Gasteiger partial charge < -0.3 is 10.4 Å². The number of hydrogen-bond donors (Lipinski definition) is 2. The van der Waals surface area contributed by atoms with Crippen LogP contribution in [0.3, 0.4) is 0 Å². The Morgan fingerprint density at radius 1 is 1.22 bits per heavy atom. The number of rotatable bonds is 8. The summed E-state index contributed by atoms with van der Waals surface area (Å²) in [6, 6.07) is 8.79. The lowest BCUT2D eigenvalue weighted by atomic mass is 9.99. The predicted molar refractivity (Wildman–Crippen MR) is 80.7 cm³/mol. The lowest BCUT2D eigenvalue weighted by molar-refractivity contribution is 0.246. The summed E-state index contributed by atoms with van der Waals surface area (Å²) < 4.78 is 1.11. The van der Waals surface area contributed by atoms with Crippen LogP contribution in [0.2, 0.25) is 0 Å². The van der Waals surface area contributed by atoms with Crippen LogP contribution in [-0.4, -0.2) is 18.3 Å². The fraction of sp³-hybridized carbons (Fsp3) is 0.600. The van der Waals surface area contributed by atoms with Gasteiger partial charge in [-0.25, -0.2) is 0 Å². The summed E-state index contributed by atoms with van der Waals surface area (Å²) in [5, 5.41) is 12.6. The zero-order chi connectivity index (χ0) is 13.4. The molecule has 3 heteroatoms. The van der Waals surface area contributed by atoms with Crippen molar-refractivity contribution in [3.05, 3.63) is 34.3 Å². The smallest absolute Gasteiger partial charge is 0.0434 e. The molecule has 1 aromatic rings. The van der Waals surface area contributed by atoms with Gasteiger partial charge in [0.05, 0.1) is 0 Å². The molecule has 0 aromatic heterocycles. The van der Waals surface area contributed by atoms with Crippen molar-refractivity contribution in [2.75, 3.05) is 13.2 Å². The number of halogens is 1. The van der Waals surface area contributed by atoms with Crippen LogP contribution >= 0.6 is 15.9 Å². The Morgan fingerprint density at radius 2 is 1.89 bits per heavy atom. The van der Waals surface area contributed by atoms with E-state index in [9.17, 15) is 0 Å². The van der Waals surface area contributed by atoms with Crippen LogP contribution < -0.4 is 5.32 Å². The molecule has 2 unspecified atom stereocenters. The van der Waals surface area contributed by atoms with Crippen molar-refractivity contribution in [1.29, 1.82) is 0 Å². The monoisotopic (exact) mass is 313 g/mol. The number of nitrogens with one attached hydrogen (secondary N) is 1. The minimum absolute atomic E-state index is 0.291. The largest absolute Gasteiger partial charge is 0.396 e. The summed E-state index contributed by atoms with van der Waals surface area (Å²) in [6.07, 6.45) is 3.26. The molecule has 0 bridgehead atoms. The van der Waals surface area contributed by atoms with Crippen molar-refractivity contribution in [1.82, 2.24) is 5.32 Å². The van der Waals surface area contributed by atoms with Gasteiger partial charge in [-0.2, -0.15) is 0 Å². The van der Waals surface area contributed by atoms with Crippen molar-refractivity contribution in [2.45, 2.75) is 39.2 Å². The molecule has 0 aliphatic rings. The summed E-state index contributed by atoms with van der Waals surface area (Å²) in [4.78, 5) is 0. The van der Waals surface area contributed by atoms with Crippen molar-refractivity contribution in [3.63, 3.8) is 0 Å². The van der Waals surface area contributed by atoms with Gasteiger partial charge in [0.2, 0.25) is 0 Å². The number of aliphatic hydroxyl groups is 1. The Hall–Kier alpha value is -0.380. The summed E-state index contributed by atoms with van der Waals surface area (Å²) in [7, 11) is 0. The molecule has 0 amide bonds. The van der Waals surface area contributed by atoms with E-state index in [1.807, 2.05) is 0 Å². The fourth-order valence-electron chi connectivity index (χ4n) is 2.15. The average molecular weight is 314 g/mol. The number of aliphatic hydroxyl groups excluding tert-OH is 1. The molecule has 2 atom stereocenters. The third-order valence-corrected chi connectivity index (χ3v) is 3.85. The van der Waals surface area contributed by atoms with Crippen LogP contribution in [0.4, 0.5) is 0 Å². The highest BCUT2D eigenvalue weighted by atomic mass is 79.9. The van der Waals surface area contributed by atoms with Crippen LogP contribution in [-0.2, 0) is 0 Å². The normalized spacial score (nSPS) is 14.4. The van der Waals surface area contributed by atoms with Gasteiger partial charge in [-0.3, -0.25) is 0 Å². The Kier molecular flexibility index (Phi) is 7.56. The van der Waals surface area contributed by atoms with E-state index in [1.54, 1.807) is 0 Å². The van der Waals surface area contributed by atoms with Crippen molar-refractivity contribution in [2.24, 2.45) is 5.92 Å². The van der Waals surface area contributed by atoms with E-state index in [1.165, 1.54) is 18.4 Å². The summed E-state index contributed by atoms with van der Waals surface area (Å²) in [6.45, 7) is 5.65. The molecule has 0 aliphatic carbocycles. The standard InChI is InChI=1S/C15H24BrNO/c1-3-4-13(9-10-18)11-17-12(2)14-5-7-15(16)8-6-14/h5-8,12-13,17-18H,3-4,9-11H2,1-2H3. The minimum Gasteiger partial charge on any atom is -0.396 e. The molecule has 102 valence electrons. The first-order chi connectivity index (χ1) is 8.67. The zero-order valence-corrected chi connectivity index (χ0v) is 12.9. The molecular formula is C15H24BrNO. The maximum absolute atomic E-state index is 9.04. The average Bonchev–Trinajstić information content (AvgIpc) is 2.37. The van der Waals surface area contributed by atoms with Gasteiger partial charge in [0.25, 0.3) is 0 Å². The molecule has 0 radical (unpaired) electrons. The molecule has 1 rings (SSSR count). The van der Waals surface area contributed by atoms with E-state index >= 15 is 0 Å². The third-order valence-electron chi connectivity index (χ3n) is 3.32. The van der Waals surface area contributed by atoms with Crippen LogP contribution in [0.1, 0.15) is 44.7 Å². The second kappa shape index (κ2) is 8.68. The minimum atomic E-state index is 0.291. The Bertz CT molecular complexity index is 320. The van der Waals surface area contributed by atoms with Crippen molar-refractivity contribution in [3.8, 4) is 0 Å². The maximum Gasteiger partial charge on any atom is 0.0434 e. The molecular weight excluding hydrogens is 290 g/mol. The Morgan fingerprint density at radius 3 is 2.44 bits per heavy atom. The summed E-state index contributed by atoms with van der Waals surface area (Å²) in [5.74, 6) is 0.581. The Labute approximate surface area is 119 Å². The lowest BCUT2D eigenvalue weighted by Gasteiger charge is -2.20. The number of benzene rings is 1. The van der Waals surface area contributed by atoms with Gasteiger partial charge in [-0.1, -0.05) is 41.4 Å². The van der Waals surface area contributed by atoms with Crippen molar-refractivity contribution >= 4 is 15.9 Å². The van der Waals surface area contributed by atoms with E-state index in [0.29, 0.717) is 18.6 Å². The second-order valence-electron chi connectivity index (χ2n) is 4.85. The molecule has 0 spiro atoms. The summed E-state index contributed by atoms with van der Waals surface area (Å²) in [5.41, 5.74) is 1.30. The quantitative estimate of drug-likeness (QED) is 0.763. The van der Waals surface area contributed by atoms with Crippen molar-refractivity contribution < 1.29 is 5.11 Å². The van der Waals surface area contributed by atoms with E-state index in [0.717, 1.165) is 17.4 Å². The first-order valence-electron chi connectivity index (χ1n) is 6.77. The first kappa shape index (κ1) is 15.7. The molecule has 0 saturated carbocycles. The highest BCUT2D eigenvalue weighted by Gasteiger charge is 2.10. The van der Waals surface area contributed by atoms with Gasteiger partial charge in [-0.15, -0.1) is 0 Å². The second-order valence-corrected chi connectivity index (χ2v) is 5.76. The van der Waals surface area contributed by atoms with Gasteiger partial charge in [0.15, 0.2) is 0 Å². The maximum atomic E-state index is 9.04. The van der Waals surface area contributed by atoms with Gasteiger partial charge >= 0.3 is 0 Å². The molecule has 0 heterocycles. The summed E-state index contributed by atoms with van der Waals surface area (Å²) >= 11 is 3.45. The molecule has 0 saturated heterocycles. The van der Waals surface area contributed by atoms with Crippen LogP contribution in [0.15, 0.2) is 28.7 Å². The lowest BCUT2D eigenvalue weighted by Crippen LogP contribution is -2.26. The van der Waals surface area contributed by atoms with Crippen LogP contribution in [0, 0.1) is 5.92 Å². The predicted octanol–water partition coefficient (Wildman–Crippen LogP) is 3.90. The van der Waals surface area contributed by atoms with E-state index in [2.05, 4.69) is 59.4 Å². The molecule has 0 aliphatic heterocycles. The zero-order valence-electron chi connectivity index (χ0n) is 11.3. The molecule has 2 nitrogen and oxygen atoms in total. The Balaban J connectivity index is 2.43. The molecule has 18 heavy (non-hydrogen) atoms. The molecule has 2 N–H and O–H groups in total. The molecule has 0 fully saturated rings. The third kappa shape index (κ3) is 5.51. The fourth-order valence-corrected chi connectivity index (χ4v) is 2.42. The first-order valence-corrected chi connectivity index (χ1v) is 7.56. The molecule has 1 aromatic carbocycles. The number of hydrogen-bond acceptors (Lipinski definition) is 2. The van der Waals surface area contributed by atoms with Gasteiger partial charge in [0, 0.05) is 17.1 Å². The SMILES string of the molecule is CCCC(CCO)CNC(C)c1ccc(Br)cc1. The van der Waals surface area contributed by atoms with Gasteiger partial charge in [-0.05, 0) is 49.9 Å². The van der Waals surface area contributed by atoms with Crippen LogP contribution in [0.5, 0.6) is 0 Å². The highest BCUT2D eigenvalue weighted by Crippen LogP contribution is 2.17.